The lowest BCUT2D eigenvalue weighted by atomic mass is 10.1. The molecule has 144 valence electrons. The maximum atomic E-state index is 12.0. The number of anilines is 1. The van der Waals surface area contributed by atoms with Gasteiger partial charge in [0.25, 0.3) is 5.91 Å². The van der Waals surface area contributed by atoms with Crippen LogP contribution in [0, 0.1) is 0 Å². The van der Waals surface area contributed by atoms with E-state index in [9.17, 15) is 9.90 Å². The summed E-state index contributed by atoms with van der Waals surface area (Å²) >= 11 is 6.73. The van der Waals surface area contributed by atoms with Gasteiger partial charge in [-0.3, -0.25) is 4.79 Å². The number of hydrazone groups is 1. The number of benzene rings is 3. The van der Waals surface area contributed by atoms with E-state index in [0.29, 0.717) is 20.3 Å². The van der Waals surface area contributed by atoms with E-state index < -0.39 is 0 Å². The van der Waals surface area contributed by atoms with Gasteiger partial charge in [-0.05, 0) is 60.8 Å². The number of methoxy groups -OCH3 is 1. The first-order valence-corrected chi connectivity index (χ1v) is 9.87. The number of halogens is 2. The highest BCUT2D eigenvalue weighted by molar-refractivity contribution is 9.13. The molecule has 0 radical (unpaired) electrons. The summed E-state index contributed by atoms with van der Waals surface area (Å²) in [4.78, 5) is 12.0. The molecule has 8 heteroatoms. The Labute approximate surface area is 178 Å². The lowest BCUT2D eigenvalue weighted by Crippen LogP contribution is -2.25. The van der Waals surface area contributed by atoms with Crippen molar-refractivity contribution in [2.24, 2.45) is 5.10 Å². The maximum absolute atomic E-state index is 12.0. The molecule has 3 rings (SSSR count). The minimum Gasteiger partial charge on any atom is -0.504 e. The Morgan fingerprint density at radius 3 is 2.68 bits per heavy atom. The van der Waals surface area contributed by atoms with E-state index in [1.54, 1.807) is 6.07 Å². The van der Waals surface area contributed by atoms with Crippen molar-refractivity contribution in [3.63, 3.8) is 0 Å². The number of phenolic OH excluding ortho intramolecular Hbond substituents is 1. The molecule has 3 aromatic rings. The van der Waals surface area contributed by atoms with Gasteiger partial charge in [-0.1, -0.05) is 30.3 Å². The lowest BCUT2D eigenvalue weighted by Gasteiger charge is -2.10. The monoisotopic (exact) mass is 505 g/mol. The van der Waals surface area contributed by atoms with Crippen LogP contribution < -0.4 is 15.5 Å². The van der Waals surface area contributed by atoms with Gasteiger partial charge in [-0.15, -0.1) is 0 Å². The van der Waals surface area contributed by atoms with Gasteiger partial charge in [0.05, 0.1) is 25.4 Å². The Bertz CT molecular complexity index is 1050. The van der Waals surface area contributed by atoms with Crippen LogP contribution in [-0.2, 0) is 4.79 Å². The van der Waals surface area contributed by atoms with Gasteiger partial charge in [-0.25, -0.2) is 5.43 Å². The van der Waals surface area contributed by atoms with Crippen molar-refractivity contribution in [3.8, 4) is 11.5 Å². The van der Waals surface area contributed by atoms with Gasteiger partial charge < -0.3 is 15.2 Å². The number of carbonyl (C=O) groups excluding carboxylic acids is 1. The molecular weight excluding hydrogens is 490 g/mol. The van der Waals surface area contributed by atoms with Crippen molar-refractivity contribution in [2.75, 3.05) is 19.0 Å². The van der Waals surface area contributed by atoms with Crippen molar-refractivity contribution in [1.82, 2.24) is 5.43 Å². The molecule has 0 aliphatic heterocycles. The summed E-state index contributed by atoms with van der Waals surface area (Å²) in [7, 11) is 1.45. The first-order valence-electron chi connectivity index (χ1n) is 8.29. The van der Waals surface area contributed by atoms with Crippen LogP contribution in [0.5, 0.6) is 11.5 Å². The smallest absolute Gasteiger partial charge is 0.259 e. The van der Waals surface area contributed by atoms with E-state index in [0.717, 1.165) is 16.5 Å². The van der Waals surface area contributed by atoms with Crippen LogP contribution in [0.25, 0.3) is 10.8 Å². The minimum atomic E-state index is -0.318. The number of amides is 1. The van der Waals surface area contributed by atoms with Gasteiger partial charge in [0.1, 0.15) is 0 Å². The Kier molecular flexibility index (Phi) is 6.53. The van der Waals surface area contributed by atoms with Crippen molar-refractivity contribution in [2.45, 2.75) is 0 Å². The third-order valence-electron chi connectivity index (χ3n) is 4.00. The number of nitrogens with zero attached hydrogens (tertiary/aromatic N) is 1. The first kappa shape index (κ1) is 20.2. The average Bonchev–Trinajstić information content (AvgIpc) is 2.71. The molecule has 0 unspecified atom stereocenters. The molecule has 0 saturated heterocycles. The highest BCUT2D eigenvalue weighted by Gasteiger charge is 2.14. The van der Waals surface area contributed by atoms with E-state index in [-0.39, 0.29) is 18.2 Å². The van der Waals surface area contributed by atoms with Crippen LogP contribution in [-0.4, -0.2) is 30.9 Å². The Morgan fingerprint density at radius 1 is 1.18 bits per heavy atom. The van der Waals surface area contributed by atoms with E-state index in [4.69, 9.17) is 4.74 Å². The quantitative estimate of drug-likeness (QED) is 0.336. The molecule has 0 aromatic heterocycles. The van der Waals surface area contributed by atoms with Crippen molar-refractivity contribution in [3.05, 3.63) is 63.0 Å². The third kappa shape index (κ3) is 4.63. The summed E-state index contributed by atoms with van der Waals surface area (Å²) in [5.41, 5.74) is 3.66. The summed E-state index contributed by atoms with van der Waals surface area (Å²) in [5.74, 6) is -0.104. The molecule has 0 aliphatic rings. The fourth-order valence-corrected chi connectivity index (χ4v) is 3.40. The van der Waals surface area contributed by atoms with Gasteiger partial charge in [0.15, 0.2) is 11.5 Å². The van der Waals surface area contributed by atoms with Crippen LogP contribution in [0.4, 0.5) is 5.69 Å². The molecule has 0 atom stereocenters. The number of nitrogens with one attached hydrogen (secondary N) is 2. The highest BCUT2D eigenvalue weighted by atomic mass is 79.9. The molecule has 3 aromatic carbocycles. The molecule has 3 N–H and O–H groups in total. The summed E-state index contributed by atoms with van der Waals surface area (Å²) in [6.07, 6.45) is 1.35. The van der Waals surface area contributed by atoms with Gasteiger partial charge in [0, 0.05) is 14.6 Å². The third-order valence-corrected chi connectivity index (χ3v) is 6.01. The number of rotatable bonds is 6. The van der Waals surface area contributed by atoms with Crippen LogP contribution in [0.2, 0.25) is 0 Å². The zero-order valence-electron chi connectivity index (χ0n) is 14.9. The second-order valence-electron chi connectivity index (χ2n) is 5.85. The largest absolute Gasteiger partial charge is 0.504 e. The fourth-order valence-electron chi connectivity index (χ4n) is 2.58. The van der Waals surface area contributed by atoms with E-state index in [1.165, 1.54) is 13.3 Å². The van der Waals surface area contributed by atoms with Crippen LogP contribution in [0.1, 0.15) is 5.56 Å². The highest BCUT2D eigenvalue weighted by Crippen LogP contribution is 2.39. The van der Waals surface area contributed by atoms with Crippen molar-refractivity contribution >= 4 is 60.4 Å². The van der Waals surface area contributed by atoms with Gasteiger partial charge >= 0.3 is 0 Å². The predicted octanol–water partition coefficient (Wildman–Crippen LogP) is 4.64. The number of phenols is 1. The summed E-state index contributed by atoms with van der Waals surface area (Å²) in [6.45, 7) is 0.0602. The summed E-state index contributed by atoms with van der Waals surface area (Å²) in [5, 5.41) is 19.4. The molecule has 1 amide bonds. The molecular formula is C20H17Br2N3O3. The molecule has 0 bridgehead atoms. The Morgan fingerprint density at radius 2 is 1.93 bits per heavy atom. The molecule has 0 fully saturated rings. The normalized spacial score (nSPS) is 11.0. The zero-order valence-corrected chi connectivity index (χ0v) is 18.0. The Hall–Kier alpha value is -2.58. The molecule has 0 aliphatic carbocycles. The number of aromatic hydroxyl groups is 1. The lowest BCUT2D eigenvalue weighted by molar-refractivity contribution is -0.119. The number of hydrogen-bond donors (Lipinski definition) is 3. The molecule has 28 heavy (non-hydrogen) atoms. The number of carbonyl (C=O) groups is 1. The van der Waals surface area contributed by atoms with Crippen molar-refractivity contribution in [1.29, 1.82) is 0 Å². The number of hydrogen-bond acceptors (Lipinski definition) is 5. The average molecular weight is 507 g/mol. The molecule has 6 nitrogen and oxygen atoms in total. The van der Waals surface area contributed by atoms with E-state index in [1.807, 2.05) is 42.5 Å². The van der Waals surface area contributed by atoms with E-state index >= 15 is 0 Å². The first-order chi connectivity index (χ1) is 13.5. The van der Waals surface area contributed by atoms with Crippen LogP contribution in [0.15, 0.2) is 62.6 Å². The van der Waals surface area contributed by atoms with Gasteiger partial charge in [0.2, 0.25) is 0 Å². The minimum absolute atomic E-state index is 0.0602. The summed E-state index contributed by atoms with van der Waals surface area (Å²) < 4.78 is 6.39. The molecule has 0 heterocycles. The van der Waals surface area contributed by atoms with Crippen LogP contribution in [0.3, 0.4) is 0 Å². The SMILES string of the molecule is COc1cc(Br)c(Br)c(/C=N\NC(=O)CNc2ccc3ccccc3c2)c1O. The standard InChI is InChI=1S/C20H17Br2N3O3/c1-28-17-9-16(21)19(22)15(20(17)27)10-24-25-18(26)11-23-14-7-6-12-4-2-3-5-13(12)8-14/h2-10,23,27H,11H2,1H3,(H,25,26)/b24-10-. The zero-order chi connectivity index (χ0) is 20.1. The number of ether oxygens (including phenoxy) is 1. The summed E-state index contributed by atoms with van der Waals surface area (Å²) in [6, 6.07) is 15.5. The predicted molar refractivity (Wildman–Crippen MR) is 118 cm³/mol. The van der Waals surface area contributed by atoms with Gasteiger partial charge in [-0.2, -0.15) is 5.10 Å². The second kappa shape index (κ2) is 9.07. The fraction of sp³-hybridized carbons (Fsp3) is 0.100. The van der Waals surface area contributed by atoms with E-state index in [2.05, 4.69) is 47.7 Å². The maximum Gasteiger partial charge on any atom is 0.259 e. The Balaban J connectivity index is 1.62. The second-order valence-corrected chi connectivity index (χ2v) is 7.49. The van der Waals surface area contributed by atoms with Crippen molar-refractivity contribution < 1.29 is 14.6 Å². The number of fused-ring (bicyclic) bond motifs is 1. The molecule has 0 saturated carbocycles. The van der Waals surface area contributed by atoms with Crippen LogP contribution >= 0.6 is 31.9 Å². The molecule has 0 spiro atoms. The topological polar surface area (TPSA) is 83.0 Å².